The number of amides is 1. The van der Waals surface area contributed by atoms with Gasteiger partial charge in [-0.3, -0.25) is 4.79 Å². The van der Waals surface area contributed by atoms with Gasteiger partial charge in [0.25, 0.3) is 5.91 Å². The van der Waals surface area contributed by atoms with Crippen molar-refractivity contribution in [3.05, 3.63) is 90.0 Å². The summed E-state index contributed by atoms with van der Waals surface area (Å²) >= 11 is 0. The number of nitrogens with one attached hydrogen (secondary N) is 1. The fourth-order valence-corrected chi connectivity index (χ4v) is 3.04. The summed E-state index contributed by atoms with van der Waals surface area (Å²) in [4.78, 5) is 12.6. The van der Waals surface area contributed by atoms with Crippen molar-refractivity contribution in [2.45, 2.75) is 19.4 Å². The molecule has 0 saturated heterocycles. The second-order valence-corrected chi connectivity index (χ2v) is 6.83. The molecule has 1 amide bonds. The predicted molar refractivity (Wildman–Crippen MR) is 111 cm³/mol. The maximum absolute atomic E-state index is 12.6. The second-order valence-electron chi connectivity index (χ2n) is 6.83. The molecule has 0 saturated carbocycles. The summed E-state index contributed by atoms with van der Waals surface area (Å²) in [6.45, 7) is 4.14. The molecule has 0 aliphatic heterocycles. The van der Waals surface area contributed by atoms with E-state index < -0.39 is 5.60 Å². The molecule has 0 aromatic heterocycles. The van der Waals surface area contributed by atoms with Crippen molar-refractivity contribution in [3.8, 4) is 16.9 Å². The highest BCUT2D eigenvalue weighted by atomic mass is 16.5. The molecule has 0 aliphatic carbocycles. The lowest BCUT2D eigenvalue weighted by atomic mass is 9.93. The van der Waals surface area contributed by atoms with Crippen LogP contribution >= 0.6 is 0 Å². The minimum Gasteiger partial charge on any atom is -0.493 e. The number of benzene rings is 3. The van der Waals surface area contributed by atoms with Gasteiger partial charge in [-0.15, -0.1) is 0 Å². The van der Waals surface area contributed by atoms with E-state index in [9.17, 15) is 9.90 Å². The predicted octanol–water partition coefficient (Wildman–Crippen LogP) is 4.39. The van der Waals surface area contributed by atoms with Gasteiger partial charge >= 0.3 is 0 Å². The summed E-state index contributed by atoms with van der Waals surface area (Å²) in [5.74, 6) is 0.264. The van der Waals surface area contributed by atoms with Crippen molar-refractivity contribution in [2.75, 3.05) is 13.2 Å². The highest BCUT2D eigenvalue weighted by molar-refractivity contribution is 5.96. The summed E-state index contributed by atoms with van der Waals surface area (Å²) in [7, 11) is 0. The molecule has 4 nitrogen and oxygen atoms in total. The van der Waals surface area contributed by atoms with E-state index in [2.05, 4.69) is 5.32 Å². The molecule has 28 heavy (non-hydrogen) atoms. The molecule has 0 radical (unpaired) electrons. The largest absolute Gasteiger partial charge is 0.493 e. The summed E-state index contributed by atoms with van der Waals surface area (Å²) in [5, 5.41) is 13.7. The van der Waals surface area contributed by atoms with E-state index in [-0.39, 0.29) is 12.5 Å². The number of hydrogen-bond donors (Lipinski definition) is 2. The van der Waals surface area contributed by atoms with Crippen LogP contribution in [0, 0.1) is 0 Å². The lowest BCUT2D eigenvalue weighted by Crippen LogP contribution is -2.38. The zero-order valence-electron chi connectivity index (χ0n) is 16.2. The Kier molecular flexibility index (Phi) is 6.12. The first-order valence-electron chi connectivity index (χ1n) is 9.39. The summed E-state index contributed by atoms with van der Waals surface area (Å²) < 4.78 is 5.51. The van der Waals surface area contributed by atoms with Gasteiger partial charge in [-0.25, -0.2) is 0 Å². The standard InChI is InChI=1S/C24H25NO3/c1-3-28-22-12-8-7-11-21(22)23(26)25-17-24(2,27)20-15-13-19(14-16-20)18-9-5-4-6-10-18/h4-16,27H,3,17H2,1-2H3,(H,25,26)/t24-/m0/s1. The van der Waals surface area contributed by atoms with Crippen molar-refractivity contribution in [1.29, 1.82) is 0 Å². The Morgan fingerprint density at radius 1 is 0.929 bits per heavy atom. The molecule has 1 atom stereocenters. The zero-order chi connectivity index (χ0) is 20.0. The molecular formula is C24H25NO3. The molecule has 3 aromatic carbocycles. The van der Waals surface area contributed by atoms with Gasteiger partial charge in [-0.2, -0.15) is 0 Å². The maximum Gasteiger partial charge on any atom is 0.255 e. The summed E-state index contributed by atoms with van der Waals surface area (Å²) in [6.07, 6.45) is 0. The van der Waals surface area contributed by atoms with Crippen molar-refractivity contribution in [2.24, 2.45) is 0 Å². The van der Waals surface area contributed by atoms with Gasteiger partial charge in [0.1, 0.15) is 11.4 Å². The minimum absolute atomic E-state index is 0.0942. The molecule has 144 valence electrons. The van der Waals surface area contributed by atoms with Crippen LogP contribution in [0.4, 0.5) is 0 Å². The molecule has 0 fully saturated rings. The Hall–Kier alpha value is -3.11. The van der Waals surface area contributed by atoms with E-state index in [1.54, 1.807) is 25.1 Å². The first-order chi connectivity index (χ1) is 13.5. The fourth-order valence-electron chi connectivity index (χ4n) is 3.04. The number of rotatable bonds is 7. The van der Waals surface area contributed by atoms with Crippen LogP contribution < -0.4 is 10.1 Å². The van der Waals surface area contributed by atoms with Gasteiger partial charge in [-0.1, -0.05) is 66.7 Å². The van der Waals surface area contributed by atoms with Gasteiger partial charge in [-0.05, 0) is 42.7 Å². The molecule has 0 aliphatic rings. The van der Waals surface area contributed by atoms with Crippen LogP contribution in [0.1, 0.15) is 29.8 Å². The third-order valence-corrected chi connectivity index (χ3v) is 4.64. The SMILES string of the molecule is CCOc1ccccc1C(=O)NC[C@](C)(O)c1ccc(-c2ccccc2)cc1. The average molecular weight is 375 g/mol. The van der Waals surface area contributed by atoms with E-state index in [1.165, 1.54) is 0 Å². The lowest BCUT2D eigenvalue weighted by molar-refractivity contribution is 0.0525. The molecule has 4 heteroatoms. The van der Waals surface area contributed by atoms with Crippen LogP contribution in [0.15, 0.2) is 78.9 Å². The maximum atomic E-state index is 12.6. The molecule has 3 aromatic rings. The molecule has 0 bridgehead atoms. The van der Waals surface area contributed by atoms with E-state index in [0.29, 0.717) is 17.9 Å². The third-order valence-electron chi connectivity index (χ3n) is 4.64. The molecule has 0 spiro atoms. The number of hydrogen-bond acceptors (Lipinski definition) is 3. The van der Waals surface area contributed by atoms with Gasteiger partial charge in [0.15, 0.2) is 0 Å². The van der Waals surface area contributed by atoms with Crippen LogP contribution in [0.5, 0.6) is 5.75 Å². The number of para-hydroxylation sites is 1. The second kappa shape index (κ2) is 8.72. The Morgan fingerprint density at radius 2 is 1.54 bits per heavy atom. The van der Waals surface area contributed by atoms with Gasteiger partial charge in [0.2, 0.25) is 0 Å². The number of carbonyl (C=O) groups is 1. The van der Waals surface area contributed by atoms with Crippen LogP contribution in [-0.4, -0.2) is 24.2 Å². The van der Waals surface area contributed by atoms with Gasteiger partial charge < -0.3 is 15.2 Å². The first kappa shape index (κ1) is 19.6. The number of carbonyl (C=O) groups excluding carboxylic acids is 1. The van der Waals surface area contributed by atoms with Crippen LogP contribution in [-0.2, 0) is 5.60 Å². The van der Waals surface area contributed by atoms with Crippen LogP contribution in [0.25, 0.3) is 11.1 Å². The van der Waals surface area contributed by atoms with E-state index in [0.717, 1.165) is 16.7 Å². The monoisotopic (exact) mass is 375 g/mol. The zero-order valence-corrected chi connectivity index (χ0v) is 16.2. The van der Waals surface area contributed by atoms with E-state index >= 15 is 0 Å². The van der Waals surface area contributed by atoms with Crippen molar-refractivity contribution >= 4 is 5.91 Å². The molecular weight excluding hydrogens is 350 g/mol. The highest BCUT2D eigenvalue weighted by Gasteiger charge is 2.24. The van der Waals surface area contributed by atoms with E-state index in [4.69, 9.17) is 4.74 Å². The molecule has 0 unspecified atom stereocenters. The topological polar surface area (TPSA) is 58.6 Å². The third kappa shape index (κ3) is 4.59. The van der Waals surface area contributed by atoms with Crippen molar-refractivity contribution < 1.29 is 14.6 Å². The molecule has 2 N–H and O–H groups in total. The Bertz CT molecular complexity index is 918. The molecule has 0 heterocycles. The minimum atomic E-state index is -1.19. The van der Waals surface area contributed by atoms with E-state index in [1.807, 2.05) is 67.6 Å². The molecule has 3 rings (SSSR count). The Labute approximate surface area is 165 Å². The Balaban J connectivity index is 1.69. The van der Waals surface area contributed by atoms with Crippen LogP contribution in [0.3, 0.4) is 0 Å². The normalized spacial score (nSPS) is 12.8. The summed E-state index contributed by atoms with van der Waals surface area (Å²) in [5.41, 5.74) is 2.21. The van der Waals surface area contributed by atoms with Crippen molar-refractivity contribution in [1.82, 2.24) is 5.32 Å². The fraction of sp³-hybridized carbons (Fsp3) is 0.208. The average Bonchev–Trinajstić information content (AvgIpc) is 2.73. The smallest absolute Gasteiger partial charge is 0.255 e. The number of ether oxygens (including phenoxy) is 1. The summed E-state index contributed by atoms with van der Waals surface area (Å²) in [6, 6.07) is 24.9. The van der Waals surface area contributed by atoms with Gasteiger partial charge in [0.05, 0.1) is 18.7 Å². The quantitative estimate of drug-likeness (QED) is 0.644. The lowest BCUT2D eigenvalue weighted by Gasteiger charge is -2.25. The first-order valence-corrected chi connectivity index (χ1v) is 9.39. The number of aliphatic hydroxyl groups is 1. The van der Waals surface area contributed by atoms with Crippen LogP contribution in [0.2, 0.25) is 0 Å². The van der Waals surface area contributed by atoms with Crippen molar-refractivity contribution in [3.63, 3.8) is 0 Å². The Morgan fingerprint density at radius 3 is 2.21 bits per heavy atom. The van der Waals surface area contributed by atoms with Gasteiger partial charge in [0, 0.05) is 0 Å². The highest BCUT2D eigenvalue weighted by Crippen LogP contribution is 2.25.